The summed E-state index contributed by atoms with van der Waals surface area (Å²) < 4.78 is 5.40. The van der Waals surface area contributed by atoms with Gasteiger partial charge in [-0.05, 0) is 54.4 Å². The normalized spacial score (nSPS) is 23.2. The molecule has 0 amide bonds. The van der Waals surface area contributed by atoms with E-state index in [2.05, 4.69) is 20.8 Å². The second kappa shape index (κ2) is 6.39. The first-order valence-electron chi connectivity index (χ1n) is 7.66. The first-order chi connectivity index (χ1) is 9.81. The maximum absolute atomic E-state index is 12.3. The molecule has 0 heterocycles. The van der Waals surface area contributed by atoms with Crippen LogP contribution in [0.3, 0.4) is 0 Å². The molecule has 1 aromatic carbocycles. The van der Waals surface area contributed by atoms with Crippen molar-refractivity contribution in [1.82, 2.24) is 0 Å². The number of carbonyl (C=O) groups is 1. The third kappa shape index (κ3) is 4.00. The Morgan fingerprint density at radius 1 is 1.33 bits per heavy atom. The Kier molecular flexibility index (Phi) is 4.98. The number of carbonyl (C=O) groups excluding carboxylic acids is 1. The van der Waals surface area contributed by atoms with Crippen LogP contribution in [0.4, 0.5) is 0 Å². The van der Waals surface area contributed by atoms with Gasteiger partial charge in [0.1, 0.15) is 11.5 Å². The lowest BCUT2D eigenvalue weighted by atomic mass is 9.67. The van der Waals surface area contributed by atoms with E-state index >= 15 is 0 Å². The number of ether oxygens (including phenoxy) is 1. The predicted octanol–water partition coefficient (Wildman–Crippen LogP) is 4.92. The molecule has 2 nitrogen and oxygen atoms in total. The van der Waals surface area contributed by atoms with Gasteiger partial charge in [-0.3, -0.25) is 4.79 Å². The minimum absolute atomic E-state index is 0.0929. The third-order valence-corrected chi connectivity index (χ3v) is 4.93. The lowest BCUT2D eigenvalue weighted by molar-refractivity contribution is -0.126. The molecule has 0 bridgehead atoms. The second-order valence-corrected chi connectivity index (χ2v) is 7.60. The molecule has 21 heavy (non-hydrogen) atoms. The molecule has 3 heteroatoms. The van der Waals surface area contributed by atoms with Crippen molar-refractivity contribution in [2.75, 3.05) is 7.11 Å². The number of halogens is 1. The molecule has 0 aromatic heterocycles. The van der Waals surface area contributed by atoms with Crippen LogP contribution in [0.5, 0.6) is 5.75 Å². The molecule has 1 saturated carbocycles. The number of Topliss-reactive ketones (excluding diaryl/α,β-unsaturated/α-hetero) is 1. The maximum Gasteiger partial charge on any atom is 0.136 e. The summed E-state index contributed by atoms with van der Waals surface area (Å²) in [6.45, 7) is 6.81. The van der Waals surface area contributed by atoms with E-state index < -0.39 is 0 Å². The Balaban J connectivity index is 2.17. The standard InChI is InChI=1S/C18H25ClO2/c1-18(2,3)14-5-7-16(20)12(10-14)9-13-11-15(19)6-8-17(13)21-4/h6,8,11-12,14H,5,7,9-10H2,1-4H3. The van der Waals surface area contributed by atoms with Gasteiger partial charge in [-0.1, -0.05) is 32.4 Å². The fourth-order valence-electron chi connectivity index (χ4n) is 3.27. The van der Waals surface area contributed by atoms with Crippen LogP contribution in [-0.4, -0.2) is 12.9 Å². The average molecular weight is 309 g/mol. The van der Waals surface area contributed by atoms with E-state index in [9.17, 15) is 4.79 Å². The highest BCUT2D eigenvalue weighted by Gasteiger charge is 2.35. The monoisotopic (exact) mass is 308 g/mol. The fraction of sp³-hybridized carbons (Fsp3) is 0.611. The summed E-state index contributed by atoms with van der Waals surface area (Å²) in [5, 5.41) is 0.696. The Bertz CT molecular complexity index is 516. The summed E-state index contributed by atoms with van der Waals surface area (Å²) in [7, 11) is 1.66. The van der Waals surface area contributed by atoms with Crippen molar-refractivity contribution < 1.29 is 9.53 Å². The van der Waals surface area contributed by atoms with E-state index in [0.717, 1.165) is 30.6 Å². The van der Waals surface area contributed by atoms with Crippen molar-refractivity contribution in [3.63, 3.8) is 0 Å². The molecule has 0 radical (unpaired) electrons. The minimum atomic E-state index is 0.0929. The summed E-state index contributed by atoms with van der Waals surface area (Å²) in [6, 6.07) is 5.63. The number of benzene rings is 1. The SMILES string of the molecule is COc1ccc(Cl)cc1CC1CC(C(C)(C)C)CCC1=O. The van der Waals surface area contributed by atoms with E-state index in [0.29, 0.717) is 23.1 Å². The molecule has 116 valence electrons. The molecular weight excluding hydrogens is 284 g/mol. The van der Waals surface area contributed by atoms with Crippen LogP contribution in [0.15, 0.2) is 18.2 Å². The highest BCUT2D eigenvalue weighted by molar-refractivity contribution is 6.30. The van der Waals surface area contributed by atoms with Crippen LogP contribution in [0.2, 0.25) is 5.02 Å². The summed E-state index contributed by atoms with van der Waals surface area (Å²) in [5.74, 6) is 1.91. The predicted molar refractivity (Wildman–Crippen MR) is 87.0 cm³/mol. The molecule has 0 N–H and O–H groups in total. The van der Waals surface area contributed by atoms with Crippen molar-refractivity contribution in [3.8, 4) is 5.75 Å². The summed E-state index contributed by atoms with van der Waals surface area (Å²) in [5.41, 5.74) is 1.30. The zero-order valence-corrected chi connectivity index (χ0v) is 14.2. The average Bonchev–Trinajstić information content (AvgIpc) is 2.40. The van der Waals surface area contributed by atoms with Gasteiger partial charge in [0.25, 0.3) is 0 Å². The van der Waals surface area contributed by atoms with Crippen LogP contribution >= 0.6 is 11.6 Å². The zero-order valence-electron chi connectivity index (χ0n) is 13.4. The molecule has 1 fully saturated rings. The van der Waals surface area contributed by atoms with Crippen molar-refractivity contribution in [2.45, 2.75) is 46.5 Å². The zero-order chi connectivity index (χ0) is 15.6. The van der Waals surface area contributed by atoms with E-state index in [1.165, 1.54) is 0 Å². The minimum Gasteiger partial charge on any atom is -0.496 e. The number of ketones is 1. The van der Waals surface area contributed by atoms with Gasteiger partial charge in [0.15, 0.2) is 0 Å². The van der Waals surface area contributed by atoms with Gasteiger partial charge >= 0.3 is 0 Å². The number of methoxy groups -OCH3 is 1. The summed E-state index contributed by atoms with van der Waals surface area (Å²) in [4.78, 5) is 12.3. The summed E-state index contributed by atoms with van der Waals surface area (Å²) >= 11 is 6.09. The van der Waals surface area contributed by atoms with Crippen LogP contribution in [0.25, 0.3) is 0 Å². The largest absolute Gasteiger partial charge is 0.496 e. The molecule has 0 aliphatic heterocycles. The molecule has 2 rings (SSSR count). The number of rotatable bonds is 3. The van der Waals surface area contributed by atoms with Gasteiger partial charge in [0, 0.05) is 17.4 Å². The number of hydrogen-bond acceptors (Lipinski definition) is 2. The first kappa shape index (κ1) is 16.4. The topological polar surface area (TPSA) is 26.3 Å². The third-order valence-electron chi connectivity index (χ3n) is 4.70. The smallest absolute Gasteiger partial charge is 0.136 e. The van der Waals surface area contributed by atoms with E-state index in [1.807, 2.05) is 18.2 Å². The van der Waals surface area contributed by atoms with Gasteiger partial charge in [-0.15, -0.1) is 0 Å². The Labute approximate surface area is 132 Å². The van der Waals surface area contributed by atoms with Crippen molar-refractivity contribution >= 4 is 17.4 Å². The fourth-order valence-corrected chi connectivity index (χ4v) is 3.46. The number of hydrogen-bond donors (Lipinski definition) is 0. The second-order valence-electron chi connectivity index (χ2n) is 7.16. The van der Waals surface area contributed by atoms with Crippen molar-refractivity contribution in [2.24, 2.45) is 17.3 Å². The van der Waals surface area contributed by atoms with Gasteiger partial charge in [0.05, 0.1) is 7.11 Å². The molecule has 2 atom stereocenters. The molecule has 0 spiro atoms. The summed E-state index contributed by atoms with van der Waals surface area (Å²) in [6.07, 6.45) is 3.42. The van der Waals surface area contributed by atoms with Crippen LogP contribution in [0.1, 0.15) is 45.6 Å². The quantitative estimate of drug-likeness (QED) is 0.792. The molecule has 1 aliphatic carbocycles. The van der Waals surface area contributed by atoms with Crippen LogP contribution in [-0.2, 0) is 11.2 Å². The lowest BCUT2D eigenvalue weighted by Gasteiger charge is -2.37. The van der Waals surface area contributed by atoms with Crippen LogP contribution < -0.4 is 4.74 Å². The lowest BCUT2D eigenvalue weighted by Crippen LogP contribution is -2.33. The molecule has 0 saturated heterocycles. The first-order valence-corrected chi connectivity index (χ1v) is 8.04. The Morgan fingerprint density at radius 2 is 2.05 bits per heavy atom. The van der Waals surface area contributed by atoms with Gasteiger partial charge in [-0.25, -0.2) is 0 Å². The van der Waals surface area contributed by atoms with Gasteiger partial charge < -0.3 is 4.74 Å². The van der Waals surface area contributed by atoms with Crippen molar-refractivity contribution in [1.29, 1.82) is 0 Å². The Morgan fingerprint density at radius 3 is 2.67 bits per heavy atom. The highest BCUT2D eigenvalue weighted by atomic mass is 35.5. The maximum atomic E-state index is 12.3. The molecular formula is C18H25ClO2. The van der Waals surface area contributed by atoms with Crippen molar-refractivity contribution in [3.05, 3.63) is 28.8 Å². The highest BCUT2D eigenvalue weighted by Crippen LogP contribution is 2.40. The van der Waals surface area contributed by atoms with E-state index in [-0.39, 0.29) is 11.3 Å². The molecule has 1 aromatic rings. The van der Waals surface area contributed by atoms with E-state index in [4.69, 9.17) is 16.3 Å². The molecule has 1 aliphatic rings. The van der Waals surface area contributed by atoms with E-state index in [1.54, 1.807) is 7.11 Å². The molecule has 2 unspecified atom stereocenters. The van der Waals surface area contributed by atoms with Crippen LogP contribution in [0, 0.1) is 17.3 Å². The van der Waals surface area contributed by atoms with Gasteiger partial charge in [0.2, 0.25) is 0 Å². The van der Waals surface area contributed by atoms with Gasteiger partial charge in [-0.2, -0.15) is 0 Å². The Hall–Kier alpha value is -1.02.